The number of carbonyl (C=O) groups is 3. The average Bonchev–Trinajstić information content (AvgIpc) is 2.84. The van der Waals surface area contributed by atoms with Crippen molar-refractivity contribution in [3.8, 4) is 11.5 Å². The summed E-state index contributed by atoms with van der Waals surface area (Å²) < 4.78 is 10.2. The molecule has 0 radical (unpaired) electrons. The molecule has 112 valence electrons. The molecule has 1 heterocycles. The third kappa shape index (κ3) is 3.34. The lowest BCUT2D eigenvalue weighted by atomic mass is 10.1. The number of rotatable bonds is 5. The van der Waals surface area contributed by atoms with Gasteiger partial charge in [0.2, 0.25) is 12.7 Å². The zero-order chi connectivity index (χ0) is 15.6. The van der Waals surface area contributed by atoms with E-state index in [1.165, 1.54) is 12.1 Å². The fraction of sp³-hybridized carbons (Fsp3) is 0.250. The number of aliphatic carboxylic acids is 1. The molecule has 9 heteroatoms. The van der Waals surface area contributed by atoms with Crippen LogP contribution in [0.3, 0.4) is 0 Å². The molecule has 1 aromatic carbocycles. The topological polar surface area (TPSA) is 119 Å². The molecule has 1 aromatic rings. The fourth-order valence-electron chi connectivity index (χ4n) is 1.82. The smallest absolute Gasteiger partial charge is 0.323 e. The Morgan fingerprint density at radius 2 is 2.00 bits per heavy atom. The lowest BCUT2D eigenvalue weighted by molar-refractivity contribution is -0.138. The van der Waals surface area contributed by atoms with Crippen LogP contribution >= 0.6 is 11.6 Å². The molecule has 0 spiro atoms. The monoisotopic (exact) mass is 314 g/mol. The average molecular weight is 315 g/mol. The first-order chi connectivity index (χ1) is 9.88. The van der Waals surface area contributed by atoms with Gasteiger partial charge in [0.05, 0.1) is 5.02 Å². The summed E-state index contributed by atoms with van der Waals surface area (Å²) in [5.41, 5.74) is 5.08. The maximum absolute atomic E-state index is 12.3. The molecule has 21 heavy (non-hydrogen) atoms. The van der Waals surface area contributed by atoms with E-state index in [9.17, 15) is 14.4 Å². The molecular formula is C12H11ClN2O6. The zero-order valence-corrected chi connectivity index (χ0v) is 11.4. The maximum atomic E-state index is 12.3. The highest BCUT2D eigenvalue weighted by Crippen LogP contribution is 2.39. The number of nitrogens with zero attached hydrogens (tertiary/aromatic N) is 1. The Morgan fingerprint density at radius 1 is 1.29 bits per heavy atom. The van der Waals surface area contributed by atoms with Crippen LogP contribution in [-0.2, 0) is 9.59 Å². The van der Waals surface area contributed by atoms with Crippen molar-refractivity contribution in [2.45, 2.75) is 0 Å². The molecule has 0 unspecified atom stereocenters. The molecule has 0 saturated heterocycles. The summed E-state index contributed by atoms with van der Waals surface area (Å²) in [6.07, 6.45) is 0. The first kappa shape index (κ1) is 14.9. The van der Waals surface area contributed by atoms with E-state index in [-0.39, 0.29) is 23.1 Å². The van der Waals surface area contributed by atoms with Gasteiger partial charge in [-0.05, 0) is 12.1 Å². The van der Waals surface area contributed by atoms with Crippen LogP contribution in [0.4, 0.5) is 0 Å². The van der Waals surface area contributed by atoms with Crippen molar-refractivity contribution in [3.05, 3.63) is 22.7 Å². The minimum Gasteiger partial charge on any atom is -0.480 e. The van der Waals surface area contributed by atoms with Crippen LogP contribution < -0.4 is 15.2 Å². The summed E-state index contributed by atoms with van der Waals surface area (Å²) in [6, 6.07) is 2.68. The molecular weight excluding hydrogens is 304 g/mol. The Bertz CT molecular complexity index is 602. The maximum Gasteiger partial charge on any atom is 0.323 e. The van der Waals surface area contributed by atoms with Crippen LogP contribution in [0.2, 0.25) is 5.02 Å². The number of hydrogen-bond donors (Lipinski definition) is 2. The number of amides is 2. The highest BCUT2D eigenvalue weighted by Gasteiger charge is 2.25. The van der Waals surface area contributed by atoms with Gasteiger partial charge in [0, 0.05) is 5.56 Å². The van der Waals surface area contributed by atoms with Gasteiger partial charge in [-0.25, -0.2) is 0 Å². The molecule has 1 aliphatic heterocycles. The molecule has 1 aliphatic rings. The third-order valence-corrected chi connectivity index (χ3v) is 2.91. The number of ether oxygens (including phenoxy) is 2. The van der Waals surface area contributed by atoms with Crippen LogP contribution in [0.1, 0.15) is 10.4 Å². The normalized spacial score (nSPS) is 12.0. The summed E-state index contributed by atoms with van der Waals surface area (Å²) in [4.78, 5) is 34.8. The van der Waals surface area contributed by atoms with E-state index in [0.717, 1.165) is 4.90 Å². The number of carbonyl (C=O) groups excluding carboxylic acids is 2. The molecule has 0 aliphatic carbocycles. The van der Waals surface area contributed by atoms with E-state index < -0.39 is 30.9 Å². The fourth-order valence-corrected chi connectivity index (χ4v) is 2.09. The molecule has 0 bridgehead atoms. The van der Waals surface area contributed by atoms with E-state index in [1.807, 2.05) is 0 Å². The minimum atomic E-state index is -1.27. The third-order valence-electron chi connectivity index (χ3n) is 2.63. The molecule has 0 atom stereocenters. The molecule has 0 fully saturated rings. The first-order valence-electron chi connectivity index (χ1n) is 5.77. The van der Waals surface area contributed by atoms with E-state index >= 15 is 0 Å². The van der Waals surface area contributed by atoms with Gasteiger partial charge in [0.25, 0.3) is 5.91 Å². The van der Waals surface area contributed by atoms with Crippen molar-refractivity contribution in [3.63, 3.8) is 0 Å². The second-order valence-corrected chi connectivity index (χ2v) is 4.62. The number of primary amides is 1. The lowest BCUT2D eigenvalue weighted by Gasteiger charge is -2.19. The van der Waals surface area contributed by atoms with E-state index in [0.29, 0.717) is 5.75 Å². The molecule has 2 amide bonds. The first-order valence-corrected chi connectivity index (χ1v) is 6.15. The van der Waals surface area contributed by atoms with Crippen molar-refractivity contribution in [2.75, 3.05) is 19.9 Å². The number of halogens is 1. The summed E-state index contributed by atoms with van der Waals surface area (Å²) in [6.45, 7) is -1.20. The van der Waals surface area contributed by atoms with Crippen molar-refractivity contribution in [1.82, 2.24) is 4.90 Å². The van der Waals surface area contributed by atoms with Gasteiger partial charge in [-0.3, -0.25) is 14.4 Å². The molecule has 0 saturated carbocycles. The van der Waals surface area contributed by atoms with E-state index in [2.05, 4.69) is 0 Å². The Labute approximate surface area is 124 Å². The van der Waals surface area contributed by atoms with Crippen LogP contribution in [0, 0.1) is 0 Å². The predicted octanol–water partition coefficient (Wildman–Crippen LogP) is 0.0808. The molecule has 8 nitrogen and oxygen atoms in total. The van der Waals surface area contributed by atoms with Crippen molar-refractivity contribution >= 4 is 29.4 Å². The SMILES string of the molecule is NC(=O)CN(CC(=O)O)C(=O)c1cc(Cl)c2c(c1)OCO2. The number of carboxylic acid groups (broad SMARTS) is 1. The summed E-state index contributed by atoms with van der Waals surface area (Å²) in [5.74, 6) is -2.20. The van der Waals surface area contributed by atoms with Crippen LogP contribution in [-0.4, -0.2) is 47.7 Å². The number of benzene rings is 1. The van der Waals surface area contributed by atoms with Gasteiger partial charge in [-0.2, -0.15) is 0 Å². The van der Waals surface area contributed by atoms with E-state index in [4.69, 9.17) is 31.9 Å². The Morgan fingerprint density at radius 3 is 2.62 bits per heavy atom. The van der Waals surface area contributed by atoms with Gasteiger partial charge in [0.1, 0.15) is 13.1 Å². The highest BCUT2D eigenvalue weighted by atomic mass is 35.5. The summed E-state index contributed by atoms with van der Waals surface area (Å²) in [5, 5.41) is 8.94. The lowest BCUT2D eigenvalue weighted by Crippen LogP contribution is -2.41. The Hall–Kier alpha value is -2.48. The summed E-state index contributed by atoms with van der Waals surface area (Å²) in [7, 11) is 0. The van der Waals surface area contributed by atoms with Gasteiger partial charge >= 0.3 is 5.97 Å². The van der Waals surface area contributed by atoms with Gasteiger partial charge in [-0.1, -0.05) is 11.6 Å². The Balaban J connectivity index is 2.30. The number of carboxylic acids is 1. The quantitative estimate of drug-likeness (QED) is 0.794. The number of fused-ring (bicyclic) bond motifs is 1. The van der Waals surface area contributed by atoms with Crippen LogP contribution in [0.25, 0.3) is 0 Å². The van der Waals surface area contributed by atoms with E-state index in [1.54, 1.807) is 0 Å². The minimum absolute atomic E-state index is 0.0210. The largest absolute Gasteiger partial charge is 0.480 e. The second kappa shape index (κ2) is 5.88. The zero-order valence-electron chi connectivity index (χ0n) is 10.7. The standard InChI is InChI=1S/C12H11ClN2O6/c13-7-1-6(2-8-11(7)21-5-20-8)12(19)15(3-9(14)16)4-10(17)18/h1-2H,3-5H2,(H2,14,16)(H,17,18). The highest BCUT2D eigenvalue weighted by molar-refractivity contribution is 6.32. The molecule has 2 rings (SSSR count). The van der Waals surface area contributed by atoms with Crippen molar-refractivity contribution in [2.24, 2.45) is 5.73 Å². The Kier molecular flexibility index (Phi) is 4.18. The number of nitrogens with two attached hydrogens (primary N) is 1. The predicted molar refractivity (Wildman–Crippen MR) is 70.3 cm³/mol. The summed E-state index contributed by atoms with van der Waals surface area (Å²) >= 11 is 5.95. The van der Waals surface area contributed by atoms with Gasteiger partial charge < -0.3 is 25.2 Å². The molecule has 3 N–H and O–H groups in total. The van der Waals surface area contributed by atoms with Crippen molar-refractivity contribution in [1.29, 1.82) is 0 Å². The van der Waals surface area contributed by atoms with Gasteiger partial charge in [-0.15, -0.1) is 0 Å². The molecule has 0 aromatic heterocycles. The van der Waals surface area contributed by atoms with Crippen LogP contribution in [0.5, 0.6) is 11.5 Å². The van der Waals surface area contributed by atoms with Gasteiger partial charge in [0.15, 0.2) is 11.5 Å². The van der Waals surface area contributed by atoms with Crippen LogP contribution in [0.15, 0.2) is 12.1 Å². The van der Waals surface area contributed by atoms with Crippen molar-refractivity contribution < 1.29 is 29.0 Å². The number of hydrogen-bond acceptors (Lipinski definition) is 5. The second-order valence-electron chi connectivity index (χ2n) is 4.21.